The molecule has 0 bridgehead atoms. The lowest BCUT2D eigenvalue weighted by Crippen LogP contribution is -2.48. The summed E-state index contributed by atoms with van der Waals surface area (Å²) in [6.45, 7) is 2.32. The number of amides is 1. The minimum atomic E-state index is -0.999. The molecule has 92 valence electrons. The minimum Gasteiger partial charge on any atom is -0.352 e. The Bertz CT molecular complexity index is 449. The van der Waals surface area contributed by atoms with Gasteiger partial charge in [0.1, 0.15) is 0 Å². The molecule has 0 unspecified atom stereocenters. The van der Waals surface area contributed by atoms with E-state index in [4.69, 9.17) is 0 Å². The summed E-state index contributed by atoms with van der Waals surface area (Å²) in [7, 11) is 0. The summed E-state index contributed by atoms with van der Waals surface area (Å²) in [6, 6.07) is 1.96. The molecule has 2 rings (SSSR count). The van der Waals surface area contributed by atoms with E-state index in [0.29, 0.717) is 16.0 Å². The number of benzene rings is 1. The van der Waals surface area contributed by atoms with Crippen molar-refractivity contribution in [3.05, 3.63) is 32.9 Å². The molecule has 1 aromatic rings. The Morgan fingerprint density at radius 2 is 2.06 bits per heavy atom. The smallest absolute Gasteiger partial charge is 0.252 e. The van der Waals surface area contributed by atoms with Crippen molar-refractivity contribution in [2.24, 2.45) is 5.92 Å². The third-order valence-electron chi connectivity index (χ3n) is 2.67. The van der Waals surface area contributed by atoms with Crippen molar-refractivity contribution in [2.75, 3.05) is 19.6 Å². The number of halogens is 3. The molecule has 0 saturated carbocycles. The van der Waals surface area contributed by atoms with Gasteiger partial charge < -0.3 is 10.6 Å². The van der Waals surface area contributed by atoms with E-state index >= 15 is 0 Å². The maximum absolute atomic E-state index is 13.0. The fourth-order valence-electron chi connectivity index (χ4n) is 1.52. The summed E-state index contributed by atoms with van der Waals surface area (Å²) in [5.74, 6) is -1.86. The molecule has 0 aliphatic carbocycles. The van der Waals surface area contributed by atoms with Gasteiger partial charge in [0.2, 0.25) is 0 Å². The zero-order chi connectivity index (χ0) is 12.4. The molecule has 0 aromatic heterocycles. The molecule has 1 fully saturated rings. The molecule has 1 aromatic carbocycles. The third-order valence-corrected chi connectivity index (χ3v) is 3.56. The van der Waals surface area contributed by atoms with Crippen LogP contribution in [-0.4, -0.2) is 25.5 Å². The van der Waals surface area contributed by atoms with Crippen molar-refractivity contribution in [1.82, 2.24) is 10.6 Å². The van der Waals surface area contributed by atoms with Crippen LogP contribution in [0.15, 0.2) is 12.1 Å². The summed E-state index contributed by atoms with van der Waals surface area (Å²) in [5, 5.41) is 5.81. The number of hydrogen-bond donors (Lipinski definition) is 2. The molecule has 17 heavy (non-hydrogen) atoms. The first-order valence-electron chi connectivity index (χ1n) is 5.21. The monoisotopic (exact) mass is 352 g/mol. The SMILES string of the molecule is O=C(NCC1CNC1)c1cc(F)c(F)cc1I. The molecular weight excluding hydrogens is 341 g/mol. The van der Waals surface area contributed by atoms with Crippen LogP contribution in [0.1, 0.15) is 10.4 Å². The number of nitrogens with one attached hydrogen (secondary N) is 2. The highest BCUT2D eigenvalue weighted by Gasteiger charge is 2.19. The van der Waals surface area contributed by atoms with Crippen molar-refractivity contribution < 1.29 is 13.6 Å². The number of hydrogen-bond acceptors (Lipinski definition) is 2. The molecule has 1 amide bonds. The largest absolute Gasteiger partial charge is 0.352 e. The lowest BCUT2D eigenvalue weighted by Gasteiger charge is -2.27. The van der Waals surface area contributed by atoms with Crippen molar-refractivity contribution in [3.63, 3.8) is 0 Å². The van der Waals surface area contributed by atoms with Crippen molar-refractivity contribution in [1.29, 1.82) is 0 Å². The van der Waals surface area contributed by atoms with Crippen molar-refractivity contribution in [3.8, 4) is 0 Å². The Morgan fingerprint density at radius 1 is 1.41 bits per heavy atom. The zero-order valence-electron chi connectivity index (χ0n) is 8.90. The highest BCUT2D eigenvalue weighted by atomic mass is 127. The molecule has 1 aliphatic rings. The van der Waals surface area contributed by atoms with Crippen LogP contribution in [0.2, 0.25) is 0 Å². The second kappa shape index (κ2) is 5.26. The number of carbonyl (C=O) groups excluding carboxylic acids is 1. The Balaban J connectivity index is 2.04. The van der Waals surface area contributed by atoms with Gasteiger partial charge in [-0.1, -0.05) is 0 Å². The highest BCUT2D eigenvalue weighted by Crippen LogP contribution is 2.17. The first-order valence-corrected chi connectivity index (χ1v) is 6.29. The fraction of sp³-hybridized carbons (Fsp3) is 0.364. The van der Waals surface area contributed by atoms with Crippen molar-refractivity contribution in [2.45, 2.75) is 0 Å². The summed E-state index contributed by atoms with van der Waals surface area (Å²) in [5.41, 5.74) is 0.178. The van der Waals surface area contributed by atoms with Gasteiger partial charge in [-0.05, 0) is 34.7 Å². The molecule has 6 heteroatoms. The van der Waals surface area contributed by atoms with Gasteiger partial charge in [0, 0.05) is 29.1 Å². The van der Waals surface area contributed by atoms with E-state index in [0.717, 1.165) is 25.2 Å². The quantitative estimate of drug-likeness (QED) is 0.640. The molecular formula is C11H11F2IN2O. The van der Waals surface area contributed by atoms with Gasteiger partial charge in [0.05, 0.1) is 5.56 Å². The Kier molecular flexibility index (Phi) is 3.93. The second-order valence-corrected chi connectivity index (χ2v) is 5.14. The average molecular weight is 352 g/mol. The summed E-state index contributed by atoms with van der Waals surface area (Å²) in [6.07, 6.45) is 0. The maximum Gasteiger partial charge on any atom is 0.252 e. The maximum atomic E-state index is 13.0. The average Bonchev–Trinajstić information content (AvgIpc) is 2.21. The molecule has 0 spiro atoms. The standard InChI is InChI=1S/C11H11F2IN2O/c12-8-1-7(10(14)2-9(8)13)11(17)16-5-6-3-15-4-6/h1-2,6,15H,3-5H2,(H,16,17). The van der Waals surface area contributed by atoms with E-state index in [1.165, 1.54) is 0 Å². The Labute approximate surface area is 111 Å². The van der Waals surface area contributed by atoms with Gasteiger partial charge in [-0.2, -0.15) is 0 Å². The van der Waals surface area contributed by atoms with Gasteiger partial charge in [0.25, 0.3) is 5.91 Å². The van der Waals surface area contributed by atoms with E-state index < -0.39 is 11.6 Å². The predicted molar refractivity (Wildman–Crippen MR) is 67.8 cm³/mol. The molecule has 3 nitrogen and oxygen atoms in total. The first kappa shape index (κ1) is 12.7. The predicted octanol–water partition coefficient (Wildman–Crippen LogP) is 1.52. The van der Waals surface area contributed by atoms with E-state index in [-0.39, 0.29) is 11.5 Å². The fourth-order valence-corrected chi connectivity index (χ4v) is 2.20. The molecule has 0 atom stereocenters. The van der Waals surface area contributed by atoms with Gasteiger partial charge in [-0.15, -0.1) is 0 Å². The minimum absolute atomic E-state index is 0.178. The second-order valence-electron chi connectivity index (χ2n) is 3.98. The van der Waals surface area contributed by atoms with Gasteiger partial charge >= 0.3 is 0 Å². The van der Waals surface area contributed by atoms with Crippen molar-refractivity contribution >= 4 is 28.5 Å². The van der Waals surface area contributed by atoms with Crippen LogP contribution in [0, 0.1) is 21.1 Å². The summed E-state index contributed by atoms with van der Waals surface area (Å²) in [4.78, 5) is 11.7. The number of rotatable bonds is 3. The van der Waals surface area contributed by atoms with Crippen LogP contribution in [0.5, 0.6) is 0 Å². The van der Waals surface area contributed by atoms with Crippen LogP contribution in [0.3, 0.4) is 0 Å². The molecule has 2 N–H and O–H groups in total. The van der Waals surface area contributed by atoms with Gasteiger partial charge in [-0.25, -0.2) is 8.78 Å². The summed E-state index contributed by atoms with van der Waals surface area (Å²) < 4.78 is 26.3. The molecule has 0 radical (unpaired) electrons. The first-order chi connectivity index (χ1) is 8.08. The topological polar surface area (TPSA) is 41.1 Å². The van der Waals surface area contributed by atoms with E-state index in [1.54, 1.807) is 0 Å². The van der Waals surface area contributed by atoms with E-state index in [2.05, 4.69) is 10.6 Å². The van der Waals surface area contributed by atoms with E-state index in [1.807, 2.05) is 22.6 Å². The lowest BCUT2D eigenvalue weighted by atomic mass is 10.0. The Hall–Kier alpha value is -0.760. The van der Waals surface area contributed by atoms with Crippen LogP contribution < -0.4 is 10.6 Å². The van der Waals surface area contributed by atoms with Crippen LogP contribution >= 0.6 is 22.6 Å². The van der Waals surface area contributed by atoms with Gasteiger partial charge in [0.15, 0.2) is 11.6 Å². The molecule has 1 saturated heterocycles. The summed E-state index contributed by atoms with van der Waals surface area (Å²) >= 11 is 1.82. The Morgan fingerprint density at radius 3 is 2.65 bits per heavy atom. The normalized spacial score (nSPS) is 15.5. The lowest BCUT2D eigenvalue weighted by molar-refractivity contribution is 0.0940. The highest BCUT2D eigenvalue weighted by molar-refractivity contribution is 14.1. The number of carbonyl (C=O) groups is 1. The van der Waals surface area contributed by atoms with E-state index in [9.17, 15) is 13.6 Å². The van der Waals surface area contributed by atoms with Crippen LogP contribution in [-0.2, 0) is 0 Å². The van der Waals surface area contributed by atoms with Crippen LogP contribution in [0.4, 0.5) is 8.78 Å². The zero-order valence-corrected chi connectivity index (χ0v) is 11.1. The van der Waals surface area contributed by atoms with Crippen LogP contribution in [0.25, 0.3) is 0 Å². The molecule has 1 aliphatic heterocycles. The molecule has 1 heterocycles. The third kappa shape index (κ3) is 2.92. The van der Waals surface area contributed by atoms with Gasteiger partial charge in [-0.3, -0.25) is 4.79 Å².